The highest BCUT2D eigenvalue weighted by atomic mass is 16.5. The van der Waals surface area contributed by atoms with Crippen molar-refractivity contribution in [2.24, 2.45) is 0 Å². The molecule has 2 atom stereocenters. The lowest BCUT2D eigenvalue weighted by molar-refractivity contribution is -0.0921. The predicted molar refractivity (Wildman–Crippen MR) is 83.7 cm³/mol. The number of likely N-dealkylation sites (N-methyl/N-ethyl adjacent to an activating group) is 1. The van der Waals surface area contributed by atoms with Gasteiger partial charge < -0.3 is 14.7 Å². The molecule has 2 unspecified atom stereocenters. The second kappa shape index (κ2) is 5.27. The summed E-state index contributed by atoms with van der Waals surface area (Å²) in [6.07, 6.45) is -0.493. The van der Waals surface area contributed by atoms with Crippen LogP contribution >= 0.6 is 0 Å². The van der Waals surface area contributed by atoms with Gasteiger partial charge in [-0.15, -0.1) is 0 Å². The maximum Gasteiger partial charge on any atom is 0.128 e. The Morgan fingerprint density at radius 3 is 2.52 bits per heavy atom. The molecular formula is C17H26N2O2. The summed E-state index contributed by atoms with van der Waals surface area (Å²) in [5.41, 5.74) is 1.63. The van der Waals surface area contributed by atoms with Crippen molar-refractivity contribution in [1.82, 2.24) is 9.80 Å². The monoisotopic (exact) mass is 290 g/mol. The van der Waals surface area contributed by atoms with Gasteiger partial charge in [-0.3, -0.25) is 4.90 Å². The number of benzene rings is 1. The first-order chi connectivity index (χ1) is 9.90. The van der Waals surface area contributed by atoms with Crippen molar-refractivity contribution in [3.8, 4) is 5.75 Å². The van der Waals surface area contributed by atoms with E-state index in [4.69, 9.17) is 4.74 Å². The maximum absolute atomic E-state index is 11.0. The van der Waals surface area contributed by atoms with E-state index >= 15 is 0 Å². The molecular weight excluding hydrogens is 264 g/mol. The molecule has 0 spiro atoms. The van der Waals surface area contributed by atoms with E-state index in [0.29, 0.717) is 0 Å². The van der Waals surface area contributed by atoms with E-state index in [1.165, 1.54) is 0 Å². The minimum absolute atomic E-state index is 0.000463. The second-order valence-corrected chi connectivity index (χ2v) is 6.93. The van der Waals surface area contributed by atoms with Crippen LogP contribution in [0.3, 0.4) is 0 Å². The molecule has 116 valence electrons. The van der Waals surface area contributed by atoms with Gasteiger partial charge in [0.25, 0.3) is 0 Å². The Hall–Kier alpha value is -1.10. The third-order valence-corrected chi connectivity index (χ3v) is 4.87. The second-order valence-electron chi connectivity index (χ2n) is 6.93. The van der Waals surface area contributed by atoms with Crippen LogP contribution in [0.5, 0.6) is 5.75 Å². The van der Waals surface area contributed by atoms with Crippen LogP contribution in [0.15, 0.2) is 18.2 Å². The van der Waals surface area contributed by atoms with Crippen molar-refractivity contribution in [1.29, 1.82) is 0 Å². The van der Waals surface area contributed by atoms with Crippen LogP contribution in [-0.4, -0.2) is 59.8 Å². The molecule has 1 fully saturated rings. The van der Waals surface area contributed by atoms with Crippen molar-refractivity contribution in [3.05, 3.63) is 29.3 Å². The van der Waals surface area contributed by atoms with Crippen molar-refractivity contribution < 1.29 is 9.84 Å². The highest BCUT2D eigenvalue weighted by molar-refractivity contribution is 5.45. The number of aliphatic hydroxyl groups is 1. The van der Waals surface area contributed by atoms with Crippen LogP contribution in [0.1, 0.15) is 31.1 Å². The van der Waals surface area contributed by atoms with E-state index in [0.717, 1.165) is 43.1 Å². The van der Waals surface area contributed by atoms with E-state index in [9.17, 15) is 5.11 Å². The van der Waals surface area contributed by atoms with Crippen LogP contribution < -0.4 is 4.74 Å². The van der Waals surface area contributed by atoms with Gasteiger partial charge in [-0.25, -0.2) is 0 Å². The van der Waals surface area contributed by atoms with Crippen molar-refractivity contribution >= 4 is 0 Å². The smallest absolute Gasteiger partial charge is 0.128 e. The van der Waals surface area contributed by atoms with Crippen molar-refractivity contribution in [3.63, 3.8) is 0 Å². The number of piperazine rings is 1. The molecule has 1 aromatic rings. The van der Waals surface area contributed by atoms with Crippen molar-refractivity contribution in [2.45, 2.75) is 38.5 Å². The first kappa shape index (κ1) is 14.8. The van der Waals surface area contributed by atoms with E-state index in [1.807, 2.05) is 25.1 Å². The van der Waals surface area contributed by atoms with E-state index in [2.05, 4.69) is 30.7 Å². The first-order valence-electron chi connectivity index (χ1n) is 7.79. The molecule has 1 aromatic carbocycles. The lowest BCUT2D eigenvalue weighted by atomic mass is 9.84. The molecule has 2 aliphatic rings. The van der Waals surface area contributed by atoms with E-state index < -0.39 is 11.7 Å². The molecule has 2 aliphatic heterocycles. The molecule has 0 aromatic heterocycles. The van der Waals surface area contributed by atoms with Gasteiger partial charge in [-0.05, 0) is 33.4 Å². The fourth-order valence-corrected chi connectivity index (χ4v) is 3.66. The largest absolute Gasteiger partial charge is 0.485 e. The Balaban J connectivity index is 1.94. The normalized spacial score (nSPS) is 29.8. The summed E-state index contributed by atoms with van der Waals surface area (Å²) >= 11 is 0. The minimum atomic E-state index is -0.493. The van der Waals surface area contributed by atoms with Gasteiger partial charge in [-0.2, -0.15) is 0 Å². The molecule has 2 heterocycles. The van der Waals surface area contributed by atoms with E-state index in [1.54, 1.807) is 0 Å². The average Bonchev–Trinajstić information content (AvgIpc) is 2.42. The number of hydrogen-bond donors (Lipinski definition) is 1. The SMILES string of the molecule is Cc1cccc2c1OC(C)(C)C(N1CCN(C)CC1)C2O. The molecule has 3 rings (SSSR count). The lowest BCUT2D eigenvalue weighted by Gasteiger charge is -2.50. The molecule has 0 aliphatic carbocycles. The molecule has 0 radical (unpaired) electrons. The van der Waals surface area contributed by atoms with Gasteiger partial charge in [0.05, 0.1) is 6.04 Å². The molecule has 21 heavy (non-hydrogen) atoms. The minimum Gasteiger partial charge on any atom is -0.485 e. The average molecular weight is 290 g/mol. The zero-order valence-corrected chi connectivity index (χ0v) is 13.5. The predicted octanol–water partition coefficient (Wildman–Crippen LogP) is 1.82. The number of aliphatic hydroxyl groups excluding tert-OH is 1. The van der Waals surface area contributed by atoms with Crippen molar-refractivity contribution in [2.75, 3.05) is 33.2 Å². The van der Waals surface area contributed by atoms with Gasteiger partial charge in [0.1, 0.15) is 17.5 Å². The summed E-state index contributed by atoms with van der Waals surface area (Å²) in [6.45, 7) is 10.3. The zero-order chi connectivity index (χ0) is 15.2. The first-order valence-corrected chi connectivity index (χ1v) is 7.79. The Kier molecular flexibility index (Phi) is 3.72. The third kappa shape index (κ3) is 2.56. The fraction of sp³-hybridized carbons (Fsp3) is 0.647. The van der Waals surface area contributed by atoms with Gasteiger partial charge in [0.15, 0.2) is 0 Å². The lowest BCUT2D eigenvalue weighted by Crippen LogP contribution is -2.61. The zero-order valence-electron chi connectivity index (χ0n) is 13.5. The summed E-state index contributed by atoms with van der Waals surface area (Å²) in [6, 6.07) is 6.03. The van der Waals surface area contributed by atoms with Gasteiger partial charge >= 0.3 is 0 Å². The summed E-state index contributed by atoms with van der Waals surface area (Å²) in [7, 11) is 2.15. The number of ether oxygens (including phenoxy) is 1. The standard InChI is InChI=1S/C17H26N2O2/c1-12-6-5-7-13-14(20)16(17(2,3)21-15(12)13)19-10-8-18(4)9-11-19/h5-7,14,16,20H,8-11H2,1-4H3. The van der Waals surface area contributed by atoms with Crippen LogP contribution in [0.4, 0.5) is 0 Å². The van der Waals surface area contributed by atoms with E-state index in [-0.39, 0.29) is 6.04 Å². The highest BCUT2D eigenvalue weighted by Gasteiger charge is 2.47. The molecule has 0 amide bonds. The number of fused-ring (bicyclic) bond motifs is 1. The topological polar surface area (TPSA) is 35.9 Å². The Bertz CT molecular complexity index is 522. The Morgan fingerprint density at radius 1 is 1.19 bits per heavy atom. The van der Waals surface area contributed by atoms with Crippen LogP contribution in [0.2, 0.25) is 0 Å². The molecule has 4 heteroatoms. The van der Waals surface area contributed by atoms with Crippen LogP contribution in [-0.2, 0) is 0 Å². The summed E-state index contributed by atoms with van der Waals surface area (Å²) in [5.74, 6) is 0.861. The van der Waals surface area contributed by atoms with Gasteiger partial charge in [0, 0.05) is 31.7 Å². The summed E-state index contributed by atoms with van der Waals surface area (Å²) in [4.78, 5) is 4.72. The Morgan fingerprint density at radius 2 is 1.86 bits per heavy atom. The third-order valence-electron chi connectivity index (χ3n) is 4.87. The number of rotatable bonds is 1. The summed E-state index contributed by atoms with van der Waals surface area (Å²) < 4.78 is 6.30. The quantitative estimate of drug-likeness (QED) is 0.856. The van der Waals surface area contributed by atoms with Crippen LogP contribution in [0.25, 0.3) is 0 Å². The number of aryl methyl sites for hydroxylation is 1. The Labute approximate surface area is 127 Å². The number of nitrogens with zero attached hydrogens (tertiary/aromatic N) is 2. The fourth-order valence-electron chi connectivity index (χ4n) is 3.66. The molecule has 0 bridgehead atoms. The van der Waals surface area contributed by atoms with Gasteiger partial charge in [0.2, 0.25) is 0 Å². The number of para-hydroxylation sites is 1. The molecule has 1 saturated heterocycles. The van der Waals surface area contributed by atoms with Crippen LogP contribution in [0, 0.1) is 6.92 Å². The number of hydrogen-bond acceptors (Lipinski definition) is 4. The molecule has 4 nitrogen and oxygen atoms in total. The molecule has 1 N–H and O–H groups in total. The maximum atomic E-state index is 11.0. The van der Waals surface area contributed by atoms with Gasteiger partial charge in [-0.1, -0.05) is 18.2 Å². The summed E-state index contributed by atoms with van der Waals surface area (Å²) in [5, 5.41) is 11.0. The molecule has 0 saturated carbocycles. The highest BCUT2D eigenvalue weighted by Crippen LogP contribution is 2.43.